The second-order valence-corrected chi connectivity index (χ2v) is 7.31. The van der Waals surface area contributed by atoms with Crippen molar-refractivity contribution in [2.24, 2.45) is 13.0 Å². The van der Waals surface area contributed by atoms with Crippen molar-refractivity contribution in [1.29, 1.82) is 0 Å². The molecule has 1 atom stereocenters. The number of carbonyl (C=O) groups excluding carboxylic acids is 1. The quantitative estimate of drug-likeness (QED) is 0.581. The minimum atomic E-state index is -0.491. The van der Waals surface area contributed by atoms with E-state index in [2.05, 4.69) is 31.8 Å². The summed E-state index contributed by atoms with van der Waals surface area (Å²) in [6.45, 7) is 12.1. The molecule has 1 aromatic heterocycles. The lowest BCUT2D eigenvalue weighted by Gasteiger charge is -2.20. The van der Waals surface area contributed by atoms with Crippen molar-refractivity contribution in [2.45, 2.75) is 66.4 Å². The van der Waals surface area contributed by atoms with E-state index in [1.54, 1.807) is 10.9 Å². The molecule has 0 unspecified atom stereocenters. The Hall–Kier alpha value is -1.58. The van der Waals surface area contributed by atoms with Gasteiger partial charge >= 0.3 is 5.97 Å². The number of imidazole rings is 1. The molecule has 0 saturated heterocycles. The van der Waals surface area contributed by atoms with E-state index in [4.69, 9.17) is 4.74 Å². The molecule has 0 N–H and O–H groups in total. The van der Waals surface area contributed by atoms with E-state index in [1.165, 1.54) is 5.57 Å². The molecule has 22 heavy (non-hydrogen) atoms. The SMILES string of the molecule is CC(C)=CC[C@@H](C)CCc1ncn(C)c1C(=O)OC(C)(C)C. The topological polar surface area (TPSA) is 44.1 Å². The summed E-state index contributed by atoms with van der Waals surface area (Å²) in [5.74, 6) is 0.280. The Balaban J connectivity index is 2.73. The molecule has 0 radical (unpaired) electrons. The Bertz CT molecular complexity index is 532. The van der Waals surface area contributed by atoms with Gasteiger partial charge in [0.25, 0.3) is 0 Å². The number of rotatable bonds is 6. The van der Waals surface area contributed by atoms with Crippen LogP contribution in [0.1, 0.15) is 70.6 Å². The Morgan fingerprint density at radius 1 is 1.41 bits per heavy atom. The Morgan fingerprint density at radius 3 is 2.59 bits per heavy atom. The molecule has 1 aromatic rings. The van der Waals surface area contributed by atoms with Crippen LogP contribution in [0.2, 0.25) is 0 Å². The lowest BCUT2D eigenvalue weighted by Crippen LogP contribution is -2.25. The van der Waals surface area contributed by atoms with Crippen LogP contribution in [0.4, 0.5) is 0 Å². The molecule has 0 bridgehead atoms. The number of nitrogens with zero attached hydrogens (tertiary/aromatic N) is 2. The number of aryl methyl sites for hydroxylation is 2. The van der Waals surface area contributed by atoms with E-state index < -0.39 is 5.60 Å². The van der Waals surface area contributed by atoms with Gasteiger partial charge < -0.3 is 9.30 Å². The molecule has 0 saturated carbocycles. The molecule has 0 amide bonds. The summed E-state index contributed by atoms with van der Waals surface area (Å²) in [5.41, 5.74) is 2.26. The molecule has 0 aliphatic heterocycles. The number of aromatic nitrogens is 2. The zero-order valence-electron chi connectivity index (χ0n) is 15.1. The highest BCUT2D eigenvalue weighted by Gasteiger charge is 2.23. The van der Waals surface area contributed by atoms with Gasteiger partial charge in [0.1, 0.15) is 11.3 Å². The van der Waals surface area contributed by atoms with Crippen molar-refractivity contribution in [3.05, 3.63) is 29.4 Å². The van der Waals surface area contributed by atoms with Gasteiger partial charge in [-0.15, -0.1) is 0 Å². The molecule has 0 aliphatic carbocycles. The summed E-state index contributed by atoms with van der Waals surface area (Å²) in [5, 5.41) is 0. The molecule has 0 aromatic carbocycles. The first-order chi connectivity index (χ1) is 10.1. The van der Waals surface area contributed by atoms with Gasteiger partial charge in [0.15, 0.2) is 0 Å². The first kappa shape index (κ1) is 18.5. The van der Waals surface area contributed by atoms with Gasteiger partial charge in [0, 0.05) is 7.05 Å². The Kier molecular flexibility index (Phi) is 6.39. The van der Waals surface area contributed by atoms with Crippen LogP contribution in [-0.4, -0.2) is 21.1 Å². The highest BCUT2D eigenvalue weighted by molar-refractivity contribution is 5.89. The van der Waals surface area contributed by atoms with Gasteiger partial charge in [-0.2, -0.15) is 0 Å². The maximum Gasteiger partial charge on any atom is 0.357 e. The average molecular weight is 306 g/mol. The second kappa shape index (κ2) is 7.61. The molecule has 0 spiro atoms. The molecule has 1 rings (SSSR count). The van der Waals surface area contributed by atoms with E-state index in [9.17, 15) is 4.79 Å². The molecule has 124 valence electrons. The molecule has 4 heteroatoms. The zero-order valence-corrected chi connectivity index (χ0v) is 15.1. The fraction of sp³-hybridized carbons (Fsp3) is 0.667. The Labute approximate surface area is 134 Å². The molecular formula is C18H30N2O2. The fourth-order valence-corrected chi connectivity index (χ4v) is 2.19. The molecule has 0 fully saturated rings. The summed E-state index contributed by atoms with van der Waals surface area (Å²) in [6, 6.07) is 0. The van der Waals surface area contributed by atoms with Gasteiger partial charge in [0.05, 0.1) is 12.0 Å². The maximum absolute atomic E-state index is 12.3. The third kappa shape index (κ3) is 6.04. The molecular weight excluding hydrogens is 276 g/mol. The van der Waals surface area contributed by atoms with Gasteiger partial charge in [0.2, 0.25) is 0 Å². The third-order valence-corrected chi connectivity index (χ3v) is 3.41. The van der Waals surface area contributed by atoms with Crippen LogP contribution in [0.3, 0.4) is 0 Å². The smallest absolute Gasteiger partial charge is 0.357 e. The maximum atomic E-state index is 12.3. The van der Waals surface area contributed by atoms with E-state index >= 15 is 0 Å². The number of esters is 1. The monoisotopic (exact) mass is 306 g/mol. The number of hydrogen-bond acceptors (Lipinski definition) is 3. The van der Waals surface area contributed by atoms with E-state index in [1.807, 2.05) is 27.8 Å². The van der Waals surface area contributed by atoms with Crippen LogP contribution in [0.25, 0.3) is 0 Å². The lowest BCUT2D eigenvalue weighted by molar-refractivity contribution is 0.00575. The van der Waals surface area contributed by atoms with Crippen molar-refractivity contribution in [2.75, 3.05) is 0 Å². The van der Waals surface area contributed by atoms with Crippen LogP contribution in [0, 0.1) is 5.92 Å². The number of ether oxygens (including phenoxy) is 1. The predicted octanol–water partition coefficient (Wildman–Crippen LogP) is 4.30. The van der Waals surface area contributed by atoms with Gasteiger partial charge in [-0.05, 0) is 59.8 Å². The summed E-state index contributed by atoms with van der Waals surface area (Å²) in [7, 11) is 1.84. The van der Waals surface area contributed by atoms with Crippen molar-refractivity contribution in [3.63, 3.8) is 0 Å². The van der Waals surface area contributed by atoms with Crippen molar-refractivity contribution >= 4 is 5.97 Å². The molecule has 1 heterocycles. The number of hydrogen-bond donors (Lipinski definition) is 0. The van der Waals surface area contributed by atoms with Crippen molar-refractivity contribution < 1.29 is 9.53 Å². The summed E-state index contributed by atoms with van der Waals surface area (Å²) < 4.78 is 7.23. The minimum absolute atomic E-state index is 0.292. The van der Waals surface area contributed by atoms with Crippen molar-refractivity contribution in [1.82, 2.24) is 9.55 Å². The van der Waals surface area contributed by atoms with Crippen LogP contribution in [0.15, 0.2) is 18.0 Å². The third-order valence-electron chi connectivity index (χ3n) is 3.41. The van der Waals surface area contributed by atoms with Gasteiger partial charge in [-0.1, -0.05) is 18.6 Å². The number of allylic oxidation sites excluding steroid dienone is 2. The molecule has 4 nitrogen and oxygen atoms in total. The first-order valence-electron chi connectivity index (χ1n) is 7.97. The van der Waals surface area contributed by atoms with Crippen LogP contribution in [-0.2, 0) is 18.2 Å². The number of carbonyl (C=O) groups is 1. The minimum Gasteiger partial charge on any atom is -0.455 e. The van der Waals surface area contributed by atoms with Crippen molar-refractivity contribution in [3.8, 4) is 0 Å². The van der Waals surface area contributed by atoms with Gasteiger partial charge in [-0.25, -0.2) is 9.78 Å². The van der Waals surface area contributed by atoms with Crippen LogP contribution >= 0.6 is 0 Å². The first-order valence-corrected chi connectivity index (χ1v) is 7.97. The highest BCUT2D eigenvalue weighted by Crippen LogP contribution is 2.18. The van der Waals surface area contributed by atoms with Crippen LogP contribution < -0.4 is 0 Å². The standard InChI is InChI=1S/C18H30N2O2/c1-13(2)8-9-14(3)10-11-15-16(20(7)12-19-15)17(21)22-18(4,5)6/h8,12,14H,9-11H2,1-7H3/t14-/m1/s1. The second-order valence-electron chi connectivity index (χ2n) is 7.31. The molecule has 0 aliphatic rings. The zero-order chi connectivity index (χ0) is 16.9. The average Bonchev–Trinajstić information content (AvgIpc) is 2.73. The lowest BCUT2D eigenvalue weighted by atomic mass is 9.99. The summed E-state index contributed by atoms with van der Waals surface area (Å²) in [4.78, 5) is 16.7. The van der Waals surface area contributed by atoms with Crippen LogP contribution in [0.5, 0.6) is 0 Å². The summed E-state index contributed by atoms with van der Waals surface area (Å²) in [6.07, 6.45) is 6.83. The Morgan fingerprint density at radius 2 is 2.05 bits per heavy atom. The normalized spacial score (nSPS) is 12.9. The predicted molar refractivity (Wildman–Crippen MR) is 89.9 cm³/mol. The highest BCUT2D eigenvalue weighted by atomic mass is 16.6. The van der Waals surface area contributed by atoms with Gasteiger partial charge in [-0.3, -0.25) is 0 Å². The summed E-state index contributed by atoms with van der Waals surface area (Å²) >= 11 is 0. The van der Waals surface area contributed by atoms with E-state index in [0.29, 0.717) is 11.6 Å². The fourth-order valence-electron chi connectivity index (χ4n) is 2.19. The van der Waals surface area contributed by atoms with E-state index in [-0.39, 0.29) is 5.97 Å². The largest absolute Gasteiger partial charge is 0.455 e. The van der Waals surface area contributed by atoms with E-state index in [0.717, 1.165) is 25.0 Å².